The van der Waals surface area contributed by atoms with Crippen LogP contribution in [0.2, 0.25) is 0 Å². The first kappa shape index (κ1) is 18.3. The molecule has 3 aromatic rings. The lowest BCUT2D eigenvalue weighted by atomic mass is 10.1. The number of benzene rings is 2. The molecule has 28 heavy (non-hydrogen) atoms. The van der Waals surface area contributed by atoms with Crippen molar-refractivity contribution < 1.29 is 9.59 Å². The third-order valence-corrected chi connectivity index (χ3v) is 5.83. The molecular weight excluding hydrogens is 372 g/mol. The molecule has 2 heterocycles. The molecule has 1 atom stereocenters. The summed E-state index contributed by atoms with van der Waals surface area (Å²) in [5.74, 6) is -0.152. The zero-order valence-electron chi connectivity index (χ0n) is 15.5. The van der Waals surface area contributed by atoms with Gasteiger partial charge in [-0.15, -0.1) is 10.2 Å². The Morgan fingerprint density at radius 3 is 2.61 bits per heavy atom. The number of hydrogen-bond donors (Lipinski definition) is 1. The zero-order valence-corrected chi connectivity index (χ0v) is 16.3. The second kappa shape index (κ2) is 7.90. The number of aryl methyl sites for hydroxylation is 1. The van der Waals surface area contributed by atoms with Gasteiger partial charge in [0, 0.05) is 30.1 Å². The Morgan fingerprint density at radius 1 is 1.14 bits per heavy atom. The summed E-state index contributed by atoms with van der Waals surface area (Å²) in [5, 5.41) is 12.3. The van der Waals surface area contributed by atoms with Gasteiger partial charge in [0.05, 0.1) is 0 Å². The molecule has 2 aromatic carbocycles. The number of carbonyl (C=O) groups is 2. The highest BCUT2D eigenvalue weighted by atomic mass is 32.1. The minimum absolute atomic E-state index is 0.0155. The Kier molecular flexibility index (Phi) is 5.16. The van der Waals surface area contributed by atoms with Gasteiger partial charge in [-0.1, -0.05) is 48.6 Å². The second-order valence-corrected chi connectivity index (χ2v) is 7.70. The SMILES string of the molecule is CCc1ccc(N2C[C@H](c3nnc(NC(=O)c4ccccc4)s3)CC2=O)cc1. The predicted octanol–water partition coefficient (Wildman–Crippen LogP) is 3.87. The summed E-state index contributed by atoms with van der Waals surface area (Å²) in [6.45, 7) is 2.68. The third-order valence-electron chi connectivity index (χ3n) is 4.83. The van der Waals surface area contributed by atoms with Crippen LogP contribution in [-0.2, 0) is 11.2 Å². The topological polar surface area (TPSA) is 75.2 Å². The van der Waals surface area contributed by atoms with Crippen molar-refractivity contribution in [1.82, 2.24) is 10.2 Å². The van der Waals surface area contributed by atoms with Crippen molar-refractivity contribution in [2.75, 3.05) is 16.8 Å². The van der Waals surface area contributed by atoms with Crippen LogP contribution in [0.4, 0.5) is 10.8 Å². The van der Waals surface area contributed by atoms with Crippen LogP contribution < -0.4 is 10.2 Å². The highest BCUT2D eigenvalue weighted by molar-refractivity contribution is 7.15. The van der Waals surface area contributed by atoms with Crippen LogP contribution in [0.25, 0.3) is 0 Å². The third kappa shape index (κ3) is 3.80. The van der Waals surface area contributed by atoms with Gasteiger partial charge in [0.15, 0.2) is 0 Å². The quantitative estimate of drug-likeness (QED) is 0.715. The molecule has 0 saturated carbocycles. The van der Waals surface area contributed by atoms with E-state index in [4.69, 9.17) is 0 Å². The molecule has 4 rings (SSSR count). The van der Waals surface area contributed by atoms with Gasteiger partial charge in [0.1, 0.15) is 5.01 Å². The molecule has 1 aliphatic rings. The monoisotopic (exact) mass is 392 g/mol. The first-order valence-electron chi connectivity index (χ1n) is 9.23. The first-order chi connectivity index (χ1) is 13.6. The van der Waals surface area contributed by atoms with E-state index in [9.17, 15) is 9.59 Å². The molecule has 6 nitrogen and oxygen atoms in total. The lowest BCUT2D eigenvalue weighted by Crippen LogP contribution is -2.24. The van der Waals surface area contributed by atoms with Crippen LogP contribution >= 0.6 is 11.3 Å². The standard InChI is InChI=1S/C21H20N4O2S/c1-2-14-8-10-17(11-9-14)25-13-16(12-18(25)26)20-23-24-21(28-20)22-19(27)15-6-4-3-5-7-15/h3-11,16H,2,12-13H2,1H3,(H,22,24,27)/t16-/m1/s1. The normalized spacial score (nSPS) is 16.4. The maximum absolute atomic E-state index is 12.5. The summed E-state index contributed by atoms with van der Waals surface area (Å²) in [7, 11) is 0. The lowest BCUT2D eigenvalue weighted by molar-refractivity contribution is -0.117. The fraction of sp³-hybridized carbons (Fsp3) is 0.238. The summed E-state index contributed by atoms with van der Waals surface area (Å²) >= 11 is 1.33. The second-order valence-electron chi connectivity index (χ2n) is 6.69. The molecule has 2 amide bonds. The number of nitrogens with one attached hydrogen (secondary N) is 1. The van der Waals surface area contributed by atoms with Gasteiger partial charge < -0.3 is 4.90 Å². The molecule has 1 aliphatic heterocycles. The molecule has 0 spiro atoms. The maximum Gasteiger partial charge on any atom is 0.257 e. The van der Waals surface area contributed by atoms with Crippen LogP contribution in [0.15, 0.2) is 54.6 Å². The summed E-state index contributed by atoms with van der Waals surface area (Å²) in [4.78, 5) is 26.5. The smallest absolute Gasteiger partial charge is 0.257 e. The number of rotatable bonds is 5. The van der Waals surface area contributed by atoms with Crippen molar-refractivity contribution in [2.24, 2.45) is 0 Å². The van der Waals surface area contributed by atoms with Gasteiger partial charge >= 0.3 is 0 Å². The minimum Gasteiger partial charge on any atom is -0.312 e. The molecule has 0 aliphatic carbocycles. The Morgan fingerprint density at radius 2 is 1.89 bits per heavy atom. The Balaban J connectivity index is 1.44. The predicted molar refractivity (Wildman–Crippen MR) is 110 cm³/mol. The molecule has 1 aromatic heterocycles. The number of amides is 2. The molecule has 1 fully saturated rings. The lowest BCUT2D eigenvalue weighted by Gasteiger charge is -2.16. The number of carbonyl (C=O) groups excluding carboxylic acids is 2. The number of hydrogen-bond acceptors (Lipinski definition) is 5. The van der Waals surface area contributed by atoms with Crippen molar-refractivity contribution >= 4 is 34.0 Å². The van der Waals surface area contributed by atoms with E-state index in [-0.39, 0.29) is 17.7 Å². The van der Waals surface area contributed by atoms with Gasteiger partial charge in [-0.25, -0.2) is 0 Å². The molecule has 1 N–H and O–H groups in total. The molecule has 0 unspecified atom stereocenters. The first-order valence-corrected chi connectivity index (χ1v) is 10.0. The Labute approximate surface area is 167 Å². The van der Waals surface area contributed by atoms with Gasteiger partial charge in [-0.05, 0) is 36.2 Å². The number of anilines is 2. The molecule has 142 valence electrons. The van der Waals surface area contributed by atoms with E-state index in [1.165, 1.54) is 16.9 Å². The number of nitrogens with zero attached hydrogens (tertiary/aromatic N) is 3. The van der Waals surface area contributed by atoms with Gasteiger partial charge in [0.2, 0.25) is 11.0 Å². The Hall–Kier alpha value is -3.06. The van der Waals surface area contributed by atoms with Crippen LogP contribution in [0.3, 0.4) is 0 Å². The molecular formula is C21H20N4O2S. The minimum atomic E-state index is -0.219. The number of aromatic nitrogens is 2. The molecule has 0 radical (unpaired) electrons. The summed E-state index contributed by atoms with van der Waals surface area (Å²) in [5.41, 5.74) is 2.72. The van der Waals surface area contributed by atoms with E-state index in [1.54, 1.807) is 17.0 Å². The van der Waals surface area contributed by atoms with Crippen LogP contribution in [0, 0.1) is 0 Å². The highest BCUT2D eigenvalue weighted by Crippen LogP contribution is 2.34. The molecule has 7 heteroatoms. The van der Waals surface area contributed by atoms with E-state index < -0.39 is 0 Å². The summed E-state index contributed by atoms with van der Waals surface area (Å²) < 4.78 is 0. The van der Waals surface area contributed by atoms with E-state index in [0.29, 0.717) is 23.7 Å². The van der Waals surface area contributed by atoms with Gasteiger partial charge in [-0.3, -0.25) is 14.9 Å². The largest absolute Gasteiger partial charge is 0.312 e. The van der Waals surface area contributed by atoms with Crippen molar-refractivity contribution in [2.45, 2.75) is 25.7 Å². The van der Waals surface area contributed by atoms with Crippen LogP contribution in [0.5, 0.6) is 0 Å². The van der Waals surface area contributed by atoms with Gasteiger partial charge in [-0.2, -0.15) is 0 Å². The van der Waals surface area contributed by atoms with E-state index >= 15 is 0 Å². The van der Waals surface area contributed by atoms with Crippen LogP contribution in [-0.4, -0.2) is 28.6 Å². The van der Waals surface area contributed by atoms with E-state index in [1.807, 2.05) is 30.3 Å². The molecule has 0 bridgehead atoms. The van der Waals surface area contributed by atoms with Gasteiger partial charge in [0.25, 0.3) is 5.91 Å². The zero-order chi connectivity index (χ0) is 19.5. The fourth-order valence-electron chi connectivity index (χ4n) is 3.24. The summed E-state index contributed by atoms with van der Waals surface area (Å²) in [6, 6.07) is 17.1. The van der Waals surface area contributed by atoms with Crippen molar-refractivity contribution in [1.29, 1.82) is 0 Å². The van der Waals surface area contributed by atoms with Crippen LogP contribution in [0.1, 0.15) is 40.2 Å². The van der Waals surface area contributed by atoms with Crippen molar-refractivity contribution in [3.05, 3.63) is 70.7 Å². The maximum atomic E-state index is 12.5. The van der Waals surface area contributed by atoms with E-state index in [2.05, 4.69) is 34.6 Å². The highest BCUT2D eigenvalue weighted by Gasteiger charge is 2.34. The summed E-state index contributed by atoms with van der Waals surface area (Å²) in [6.07, 6.45) is 1.37. The fourth-order valence-corrected chi connectivity index (χ4v) is 4.07. The van der Waals surface area contributed by atoms with Crippen molar-refractivity contribution in [3.8, 4) is 0 Å². The average Bonchev–Trinajstić information content (AvgIpc) is 3.35. The average molecular weight is 392 g/mol. The van der Waals surface area contributed by atoms with Crippen molar-refractivity contribution in [3.63, 3.8) is 0 Å². The molecule has 1 saturated heterocycles. The Bertz CT molecular complexity index is 985. The van der Waals surface area contributed by atoms with E-state index in [0.717, 1.165) is 17.1 Å².